The molecule has 2 aliphatic heterocycles. The first-order valence-electron chi connectivity index (χ1n) is 14.2. The fraction of sp³-hybridized carbons (Fsp3) is 0.467. The van der Waals surface area contributed by atoms with Gasteiger partial charge in [-0.1, -0.05) is 6.07 Å². The Kier molecular flexibility index (Phi) is 7.52. The van der Waals surface area contributed by atoms with Crippen molar-refractivity contribution in [3.63, 3.8) is 0 Å². The standard InChI is InChI=1S/C30H32F3N5O4/c31-30(32,33)21-3-1-2-19(16-21)27(40)36-18-26(39)38-14-9-23-24(38)8-13-37(23)22-6-10-29(41,11-7-22)25-5-4-20(17-35-25)28-34-12-15-42-28/h1-5,12,15-17,22-24,41H,6-11,13-14,18H2,(H,36,40). The van der Waals surface area contributed by atoms with Gasteiger partial charge >= 0.3 is 6.18 Å². The Morgan fingerprint density at radius 2 is 1.83 bits per heavy atom. The molecule has 3 fully saturated rings. The van der Waals surface area contributed by atoms with Gasteiger partial charge in [0.2, 0.25) is 11.8 Å². The average Bonchev–Trinajstić information content (AvgIpc) is 3.75. The Bertz CT molecular complexity index is 1420. The van der Waals surface area contributed by atoms with Crippen molar-refractivity contribution in [2.24, 2.45) is 0 Å². The third-order valence-electron chi connectivity index (χ3n) is 8.96. The van der Waals surface area contributed by atoms with Crippen LogP contribution in [0.25, 0.3) is 11.5 Å². The lowest BCUT2D eigenvalue weighted by atomic mass is 9.79. The van der Waals surface area contributed by atoms with Gasteiger partial charge in [0.05, 0.1) is 29.6 Å². The van der Waals surface area contributed by atoms with Crippen molar-refractivity contribution in [2.45, 2.75) is 68.4 Å². The Balaban J connectivity index is 1.01. The number of fused-ring (bicyclic) bond motifs is 1. The Morgan fingerprint density at radius 3 is 2.52 bits per heavy atom. The van der Waals surface area contributed by atoms with Crippen LogP contribution in [0.1, 0.15) is 60.1 Å². The van der Waals surface area contributed by atoms with Gasteiger partial charge < -0.3 is 19.7 Å². The van der Waals surface area contributed by atoms with E-state index in [0.717, 1.165) is 49.9 Å². The molecule has 222 valence electrons. The van der Waals surface area contributed by atoms with Gasteiger partial charge in [-0.3, -0.25) is 19.5 Å². The summed E-state index contributed by atoms with van der Waals surface area (Å²) < 4.78 is 44.3. The fourth-order valence-corrected chi connectivity index (χ4v) is 6.81. The van der Waals surface area contributed by atoms with Crippen LogP contribution < -0.4 is 5.32 Å². The predicted molar refractivity (Wildman–Crippen MR) is 145 cm³/mol. The molecule has 42 heavy (non-hydrogen) atoms. The van der Waals surface area contributed by atoms with Crippen LogP contribution in [0.5, 0.6) is 0 Å². The van der Waals surface area contributed by atoms with Gasteiger partial charge in [0.25, 0.3) is 5.91 Å². The van der Waals surface area contributed by atoms with Crippen molar-refractivity contribution in [2.75, 3.05) is 19.6 Å². The third-order valence-corrected chi connectivity index (χ3v) is 8.96. The summed E-state index contributed by atoms with van der Waals surface area (Å²) in [6, 6.07) is 8.39. The van der Waals surface area contributed by atoms with Crippen molar-refractivity contribution in [3.8, 4) is 11.5 Å². The molecular weight excluding hydrogens is 551 g/mol. The van der Waals surface area contributed by atoms with Crippen molar-refractivity contribution in [1.29, 1.82) is 0 Å². The van der Waals surface area contributed by atoms with Crippen molar-refractivity contribution < 1.29 is 32.3 Å². The maximum atomic E-state index is 13.0. The van der Waals surface area contributed by atoms with Gasteiger partial charge in [0.15, 0.2) is 0 Å². The van der Waals surface area contributed by atoms with Gasteiger partial charge in [-0.25, -0.2) is 4.98 Å². The molecule has 1 aliphatic carbocycles. The van der Waals surface area contributed by atoms with Gasteiger partial charge in [0, 0.05) is 43.0 Å². The van der Waals surface area contributed by atoms with Crippen molar-refractivity contribution in [1.82, 2.24) is 25.1 Å². The van der Waals surface area contributed by atoms with Gasteiger partial charge in [-0.05, 0) is 68.9 Å². The largest absolute Gasteiger partial charge is 0.444 e. The summed E-state index contributed by atoms with van der Waals surface area (Å²) in [7, 11) is 0. The first-order valence-corrected chi connectivity index (χ1v) is 14.2. The number of carbonyl (C=O) groups is 2. The number of aliphatic hydroxyl groups is 1. The number of nitrogens with one attached hydrogen (secondary N) is 1. The molecule has 2 aromatic heterocycles. The highest BCUT2D eigenvalue weighted by Gasteiger charge is 2.48. The number of amides is 2. The Hall–Kier alpha value is -3.77. The van der Waals surface area contributed by atoms with Crippen LogP contribution in [0.15, 0.2) is 59.5 Å². The van der Waals surface area contributed by atoms with E-state index in [-0.39, 0.29) is 30.1 Å². The molecule has 0 bridgehead atoms. The van der Waals surface area contributed by atoms with Gasteiger partial charge in [-0.15, -0.1) is 0 Å². The van der Waals surface area contributed by atoms with Crippen molar-refractivity contribution in [3.05, 3.63) is 71.9 Å². The van der Waals surface area contributed by atoms with E-state index in [1.807, 2.05) is 12.1 Å². The van der Waals surface area contributed by atoms with E-state index in [1.165, 1.54) is 18.4 Å². The molecule has 2 amide bonds. The summed E-state index contributed by atoms with van der Waals surface area (Å²) in [5, 5.41) is 13.9. The van der Waals surface area contributed by atoms with Crippen LogP contribution in [0, 0.1) is 0 Å². The third kappa shape index (κ3) is 5.52. The highest BCUT2D eigenvalue weighted by Crippen LogP contribution is 2.42. The number of aromatic nitrogens is 2. The minimum absolute atomic E-state index is 0.0354. The lowest BCUT2D eigenvalue weighted by molar-refractivity contribution is -0.137. The van der Waals surface area contributed by atoms with E-state index in [2.05, 4.69) is 20.2 Å². The van der Waals surface area contributed by atoms with E-state index < -0.39 is 23.2 Å². The number of rotatable bonds is 6. The number of hydrogen-bond donors (Lipinski definition) is 2. The molecule has 12 heteroatoms. The molecule has 6 rings (SSSR count). The molecule has 0 spiro atoms. The molecule has 1 saturated carbocycles. The van der Waals surface area contributed by atoms with Crippen LogP contribution in [0.3, 0.4) is 0 Å². The molecule has 4 heterocycles. The maximum Gasteiger partial charge on any atom is 0.416 e. The Morgan fingerprint density at radius 1 is 1.05 bits per heavy atom. The SMILES string of the molecule is O=C(NCC(=O)N1CCC2C1CCN2C1CCC(O)(c2ccc(-c3ncco3)cn2)CC1)c1cccc(C(F)(F)F)c1. The van der Waals surface area contributed by atoms with Gasteiger partial charge in [-0.2, -0.15) is 13.2 Å². The zero-order valence-corrected chi connectivity index (χ0v) is 22.9. The molecule has 2 unspecified atom stereocenters. The fourth-order valence-electron chi connectivity index (χ4n) is 6.81. The zero-order valence-electron chi connectivity index (χ0n) is 22.9. The number of carbonyl (C=O) groups excluding carboxylic acids is 2. The maximum absolute atomic E-state index is 13.0. The molecule has 2 saturated heterocycles. The topological polar surface area (TPSA) is 112 Å². The van der Waals surface area contributed by atoms with E-state index in [4.69, 9.17) is 4.42 Å². The number of likely N-dealkylation sites (tertiary alicyclic amines) is 2. The lowest BCUT2D eigenvalue weighted by Crippen LogP contribution is -2.47. The predicted octanol–water partition coefficient (Wildman–Crippen LogP) is 3.99. The van der Waals surface area contributed by atoms with Crippen LogP contribution in [-0.2, 0) is 16.6 Å². The number of halogens is 3. The number of alkyl halides is 3. The summed E-state index contributed by atoms with van der Waals surface area (Å²) >= 11 is 0. The summed E-state index contributed by atoms with van der Waals surface area (Å²) in [6.07, 6.45) is 4.62. The molecule has 2 atom stereocenters. The van der Waals surface area contributed by atoms with Crippen LogP contribution in [0.2, 0.25) is 0 Å². The summed E-state index contributed by atoms with van der Waals surface area (Å²) in [5.74, 6) is -0.466. The minimum Gasteiger partial charge on any atom is -0.444 e. The molecule has 2 N–H and O–H groups in total. The highest BCUT2D eigenvalue weighted by atomic mass is 19.4. The number of nitrogens with zero attached hydrogens (tertiary/aromatic N) is 4. The number of hydrogen-bond acceptors (Lipinski definition) is 7. The first kappa shape index (κ1) is 28.4. The molecular formula is C30H32F3N5O4. The van der Waals surface area contributed by atoms with Crippen molar-refractivity contribution >= 4 is 11.8 Å². The average molecular weight is 584 g/mol. The van der Waals surface area contributed by atoms with E-state index in [9.17, 15) is 27.9 Å². The second kappa shape index (κ2) is 11.1. The smallest absolute Gasteiger partial charge is 0.416 e. The summed E-state index contributed by atoms with van der Waals surface area (Å²) in [6.45, 7) is 1.15. The number of pyridine rings is 1. The summed E-state index contributed by atoms with van der Waals surface area (Å²) in [5.41, 5.74) is -0.657. The molecule has 1 aromatic carbocycles. The quantitative estimate of drug-likeness (QED) is 0.452. The number of oxazole rings is 1. The van der Waals surface area contributed by atoms with E-state index in [1.54, 1.807) is 17.3 Å². The Labute approximate surface area is 240 Å². The van der Waals surface area contributed by atoms with Crippen LogP contribution >= 0.6 is 0 Å². The summed E-state index contributed by atoms with van der Waals surface area (Å²) in [4.78, 5) is 38.4. The first-order chi connectivity index (χ1) is 20.1. The van der Waals surface area contributed by atoms with Crippen LogP contribution in [-0.4, -0.2) is 74.4 Å². The molecule has 3 aromatic rings. The van der Waals surface area contributed by atoms with E-state index in [0.29, 0.717) is 37.0 Å². The normalized spacial score (nSPS) is 26.3. The van der Waals surface area contributed by atoms with E-state index >= 15 is 0 Å². The molecule has 0 radical (unpaired) electrons. The monoisotopic (exact) mass is 583 g/mol. The zero-order chi connectivity index (χ0) is 29.5. The molecule has 3 aliphatic rings. The number of benzene rings is 1. The van der Waals surface area contributed by atoms with Gasteiger partial charge in [0.1, 0.15) is 11.9 Å². The second-order valence-corrected chi connectivity index (χ2v) is 11.3. The highest BCUT2D eigenvalue weighted by molar-refractivity contribution is 5.96. The lowest BCUT2D eigenvalue weighted by Gasteiger charge is -2.41. The van der Waals surface area contributed by atoms with Crippen LogP contribution in [0.4, 0.5) is 13.2 Å². The second-order valence-electron chi connectivity index (χ2n) is 11.3. The minimum atomic E-state index is -4.55. The molecule has 9 nitrogen and oxygen atoms in total.